The molecule has 5 heteroatoms. The number of carboxylic acid groups (broad SMARTS) is 1. The second-order valence-corrected chi connectivity index (χ2v) is 5.37. The summed E-state index contributed by atoms with van der Waals surface area (Å²) in [5, 5.41) is 11.6. The fourth-order valence-corrected chi connectivity index (χ4v) is 2.01. The second kappa shape index (κ2) is 8.29. The lowest BCUT2D eigenvalue weighted by Crippen LogP contribution is -2.40. The van der Waals surface area contributed by atoms with E-state index in [1.807, 2.05) is 38.1 Å². The smallest absolute Gasteiger partial charge is 0.305 e. The Labute approximate surface area is 125 Å². The lowest BCUT2D eigenvalue weighted by molar-refractivity contribution is -0.138. The number of carbonyl (C=O) groups is 2. The predicted molar refractivity (Wildman–Crippen MR) is 80.3 cm³/mol. The number of carboxylic acids is 1. The summed E-state index contributed by atoms with van der Waals surface area (Å²) >= 11 is 0. The molecule has 0 saturated heterocycles. The molecule has 0 radical (unpaired) electrons. The lowest BCUT2D eigenvalue weighted by Gasteiger charge is -2.20. The molecular weight excluding hydrogens is 270 g/mol. The minimum absolute atomic E-state index is 0.0530. The number of hydrogen-bond donors (Lipinski definition) is 2. The molecule has 0 aliphatic carbocycles. The van der Waals surface area contributed by atoms with Crippen LogP contribution in [0.3, 0.4) is 0 Å². The van der Waals surface area contributed by atoms with Crippen molar-refractivity contribution < 1.29 is 19.4 Å². The summed E-state index contributed by atoms with van der Waals surface area (Å²) in [5.74, 6) is -0.180. The van der Waals surface area contributed by atoms with Crippen molar-refractivity contribution in [3.05, 3.63) is 29.8 Å². The first kappa shape index (κ1) is 17.0. The van der Waals surface area contributed by atoms with Crippen molar-refractivity contribution >= 4 is 11.9 Å². The Morgan fingerprint density at radius 3 is 2.62 bits per heavy atom. The van der Waals surface area contributed by atoms with Crippen LogP contribution in [0.1, 0.15) is 32.3 Å². The van der Waals surface area contributed by atoms with Crippen molar-refractivity contribution in [1.29, 1.82) is 0 Å². The highest BCUT2D eigenvalue weighted by atomic mass is 16.5. The molecule has 116 valence electrons. The van der Waals surface area contributed by atoms with Gasteiger partial charge >= 0.3 is 5.97 Å². The number of ether oxygens (including phenoxy) is 1. The molecular formula is C16H23NO4. The maximum atomic E-state index is 11.9. The van der Waals surface area contributed by atoms with Crippen molar-refractivity contribution in [3.63, 3.8) is 0 Å². The molecule has 0 spiro atoms. The summed E-state index contributed by atoms with van der Waals surface area (Å²) in [7, 11) is 1.60. The Hall–Kier alpha value is -2.04. The summed E-state index contributed by atoms with van der Waals surface area (Å²) in [6.45, 7) is 3.80. The van der Waals surface area contributed by atoms with Gasteiger partial charge in [0.15, 0.2) is 0 Å². The van der Waals surface area contributed by atoms with E-state index in [0.29, 0.717) is 12.8 Å². The van der Waals surface area contributed by atoms with Crippen LogP contribution in [-0.4, -0.2) is 30.1 Å². The summed E-state index contributed by atoms with van der Waals surface area (Å²) in [5.41, 5.74) is 1.02. The first-order valence-corrected chi connectivity index (χ1v) is 7.06. The van der Waals surface area contributed by atoms with E-state index in [9.17, 15) is 9.59 Å². The van der Waals surface area contributed by atoms with Gasteiger partial charge in [-0.2, -0.15) is 0 Å². The quantitative estimate of drug-likeness (QED) is 0.770. The minimum atomic E-state index is -0.901. The van der Waals surface area contributed by atoms with Gasteiger partial charge in [0.05, 0.1) is 13.5 Å². The molecule has 5 nitrogen and oxygen atoms in total. The van der Waals surface area contributed by atoms with Crippen LogP contribution in [0.4, 0.5) is 0 Å². The average molecular weight is 293 g/mol. The summed E-state index contributed by atoms with van der Waals surface area (Å²) in [6, 6.07) is 7.23. The highest BCUT2D eigenvalue weighted by Gasteiger charge is 2.19. The largest absolute Gasteiger partial charge is 0.497 e. The molecule has 0 aromatic heterocycles. The monoisotopic (exact) mass is 293 g/mol. The molecule has 0 bridgehead atoms. The van der Waals surface area contributed by atoms with Crippen LogP contribution in [0.2, 0.25) is 0 Å². The van der Waals surface area contributed by atoms with Crippen molar-refractivity contribution in [2.75, 3.05) is 7.11 Å². The number of rotatable bonds is 8. The molecule has 1 aromatic carbocycles. The van der Waals surface area contributed by atoms with Gasteiger partial charge in [-0.1, -0.05) is 26.0 Å². The Morgan fingerprint density at radius 1 is 1.33 bits per heavy atom. The maximum Gasteiger partial charge on any atom is 0.305 e. The number of benzene rings is 1. The van der Waals surface area contributed by atoms with E-state index in [4.69, 9.17) is 9.84 Å². The standard InChI is InChI=1S/C16H23NO4/c1-11(2)14(10-16(19)20)17-15(18)8-7-12-5-4-6-13(9-12)21-3/h4-6,9,11,14H,7-8,10H2,1-3H3,(H,17,18)(H,19,20). The van der Waals surface area contributed by atoms with Gasteiger partial charge in [-0.15, -0.1) is 0 Å². The summed E-state index contributed by atoms with van der Waals surface area (Å²) < 4.78 is 5.14. The number of methoxy groups -OCH3 is 1. The van der Waals surface area contributed by atoms with Gasteiger partial charge in [-0.3, -0.25) is 9.59 Å². The van der Waals surface area contributed by atoms with E-state index in [1.54, 1.807) is 7.11 Å². The molecule has 0 aliphatic heterocycles. The third-order valence-corrected chi connectivity index (χ3v) is 3.32. The zero-order valence-corrected chi connectivity index (χ0v) is 12.8. The molecule has 1 unspecified atom stereocenters. The number of aliphatic carboxylic acids is 1. The molecule has 0 aliphatic rings. The molecule has 1 atom stereocenters. The first-order valence-electron chi connectivity index (χ1n) is 7.06. The number of amides is 1. The maximum absolute atomic E-state index is 11.9. The lowest BCUT2D eigenvalue weighted by atomic mass is 10.0. The van der Waals surface area contributed by atoms with Crippen LogP contribution >= 0.6 is 0 Å². The van der Waals surface area contributed by atoms with Gasteiger partial charge in [0.1, 0.15) is 5.75 Å². The van der Waals surface area contributed by atoms with Crippen LogP contribution in [-0.2, 0) is 16.0 Å². The van der Waals surface area contributed by atoms with Crippen molar-refractivity contribution in [2.24, 2.45) is 5.92 Å². The van der Waals surface area contributed by atoms with Crippen LogP contribution in [0.25, 0.3) is 0 Å². The van der Waals surface area contributed by atoms with Crippen LogP contribution in [0.5, 0.6) is 5.75 Å². The number of carbonyl (C=O) groups excluding carboxylic acids is 1. The van der Waals surface area contributed by atoms with Gasteiger partial charge in [0.25, 0.3) is 0 Å². The van der Waals surface area contributed by atoms with Crippen molar-refractivity contribution in [2.45, 2.75) is 39.2 Å². The highest BCUT2D eigenvalue weighted by Crippen LogP contribution is 2.14. The van der Waals surface area contributed by atoms with Gasteiger partial charge in [0.2, 0.25) is 5.91 Å². The fourth-order valence-electron chi connectivity index (χ4n) is 2.01. The van der Waals surface area contributed by atoms with E-state index in [1.165, 1.54) is 0 Å². The van der Waals surface area contributed by atoms with E-state index >= 15 is 0 Å². The van der Waals surface area contributed by atoms with Crippen molar-refractivity contribution in [1.82, 2.24) is 5.32 Å². The molecule has 0 fully saturated rings. The zero-order valence-electron chi connectivity index (χ0n) is 12.8. The molecule has 21 heavy (non-hydrogen) atoms. The van der Waals surface area contributed by atoms with Gasteiger partial charge in [-0.25, -0.2) is 0 Å². The van der Waals surface area contributed by atoms with E-state index < -0.39 is 5.97 Å². The van der Waals surface area contributed by atoms with Gasteiger partial charge in [-0.05, 0) is 30.0 Å². The third kappa shape index (κ3) is 6.29. The van der Waals surface area contributed by atoms with E-state index in [-0.39, 0.29) is 24.3 Å². The molecule has 0 saturated carbocycles. The van der Waals surface area contributed by atoms with Gasteiger partial charge in [0, 0.05) is 12.5 Å². The van der Waals surface area contributed by atoms with Crippen LogP contribution in [0, 0.1) is 5.92 Å². The zero-order chi connectivity index (χ0) is 15.8. The normalized spacial score (nSPS) is 12.0. The average Bonchev–Trinajstić information content (AvgIpc) is 2.44. The van der Waals surface area contributed by atoms with Gasteiger partial charge < -0.3 is 15.2 Å². The SMILES string of the molecule is COc1cccc(CCC(=O)NC(CC(=O)O)C(C)C)c1. The summed E-state index contributed by atoms with van der Waals surface area (Å²) in [6.07, 6.45) is 0.874. The predicted octanol–water partition coefficient (Wildman–Crippen LogP) is 2.24. The Kier molecular flexibility index (Phi) is 6.72. The third-order valence-electron chi connectivity index (χ3n) is 3.32. The number of nitrogens with one attached hydrogen (secondary N) is 1. The first-order chi connectivity index (χ1) is 9.92. The molecule has 2 N–H and O–H groups in total. The van der Waals surface area contributed by atoms with E-state index in [2.05, 4.69) is 5.32 Å². The topological polar surface area (TPSA) is 75.6 Å². The molecule has 1 amide bonds. The molecule has 0 heterocycles. The summed E-state index contributed by atoms with van der Waals surface area (Å²) in [4.78, 5) is 22.7. The number of aryl methyl sites for hydroxylation is 1. The van der Waals surface area contributed by atoms with Crippen LogP contribution in [0.15, 0.2) is 24.3 Å². The Bertz CT molecular complexity index is 485. The van der Waals surface area contributed by atoms with E-state index in [0.717, 1.165) is 11.3 Å². The molecule has 1 rings (SSSR count). The van der Waals surface area contributed by atoms with Crippen molar-refractivity contribution in [3.8, 4) is 5.75 Å². The Balaban J connectivity index is 2.50. The highest BCUT2D eigenvalue weighted by molar-refractivity contribution is 5.77. The number of hydrogen-bond acceptors (Lipinski definition) is 3. The van der Waals surface area contributed by atoms with Crippen LogP contribution < -0.4 is 10.1 Å². The second-order valence-electron chi connectivity index (χ2n) is 5.37. The minimum Gasteiger partial charge on any atom is -0.497 e. The molecule has 1 aromatic rings. The Morgan fingerprint density at radius 2 is 2.05 bits per heavy atom. The fraction of sp³-hybridized carbons (Fsp3) is 0.500.